The van der Waals surface area contributed by atoms with Gasteiger partial charge >= 0.3 is 12.1 Å². The number of ether oxygens (including phenoxy) is 3. The molecule has 0 aliphatic carbocycles. The summed E-state index contributed by atoms with van der Waals surface area (Å²) >= 11 is 0. The average molecular weight is 465 g/mol. The molecule has 0 aromatic heterocycles. The second-order valence-electron chi connectivity index (χ2n) is 9.50. The number of nitrogens with zero attached hydrogens (tertiary/aromatic N) is 2. The van der Waals surface area contributed by atoms with Gasteiger partial charge in [0.25, 0.3) is 0 Å². The molecule has 1 fully saturated rings. The maximum atomic E-state index is 12.2. The topological polar surface area (TPSA) is 69.4 Å². The average Bonchev–Trinajstić information content (AvgIpc) is 2.82. The summed E-state index contributed by atoms with van der Waals surface area (Å²) in [5.74, 6) is -0.0590. The van der Waals surface area contributed by atoms with Crippen LogP contribution in [-0.2, 0) is 20.8 Å². The van der Waals surface area contributed by atoms with E-state index in [-0.39, 0.29) is 6.09 Å². The Labute approximate surface area is 201 Å². The standard InChI is InChI=1S/C27H32N2O5/c1-27(2,3)34-26(31)29-11-9-19(10-12-29)17-33-18-20-13-22(15-23(14-20)25(30)32-5)21-7-6-8-24(16-21)28-4/h6-8,13-16,19H,9-12,17-18H2,1-3,5H3. The number of rotatable bonds is 6. The highest BCUT2D eigenvalue weighted by Gasteiger charge is 2.27. The van der Waals surface area contributed by atoms with Crippen molar-refractivity contribution >= 4 is 17.7 Å². The Morgan fingerprint density at radius 2 is 1.82 bits per heavy atom. The lowest BCUT2D eigenvalue weighted by Crippen LogP contribution is -2.42. The number of benzene rings is 2. The molecule has 34 heavy (non-hydrogen) atoms. The Balaban J connectivity index is 1.61. The molecular weight excluding hydrogens is 432 g/mol. The molecular formula is C27H32N2O5. The minimum Gasteiger partial charge on any atom is -0.465 e. The van der Waals surface area contributed by atoms with E-state index in [0.29, 0.717) is 43.5 Å². The molecule has 180 valence electrons. The first kappa shape index (κ1) is 25.3. The smallest absolute Gasteiger partial charge is 0.410 e. The lowest BCUT2D eigenvalue weighted by atomic mass is 9.98. The molecule has 1 heterocycles. The predicted molar refractivity (Wildman–Crippen MR) is 130 cm³/mol. The van der Waals surface area contributed by atoms with Crippen molar-refractivity contribution in [2.75, 3.05) is 26.8 Å². The van der Waals surface area contributed by atoms with Crippen LogP contribution in [0, 0.1) is 12.5 Å². The fraction of sp³-hybridized carbons (Fsp3) is 0.444. The van der Waals surface area contributed by atoms with Crippen LogP contribution in [0.5, 0.6) is 0 Å². The van der Waals surface area contributed by atoms with Crippen molar-refractivity contribution in [2.45, 2.75) is 45.8 Å². The molecule has 0 N–H and O–H groups in total. The molecule has 1 aliphatic rings. The third kappa shape index (κ3) is 7.06. The highest BCUT2D eigenvalue weighted by atomic mass is 16.6. The second kappa shape index (κ2) is 11.2. The number of esters is 1. The summed E-state index contributed by atoms with van der Waals surface area (Å²) in [6, 6.07) is 12.8. The number of piperidine rings is 1. The molecule has 7 heteroatoms. The molecule has 2 aromatic carbocycles. The van der Waals surface area contributed by atoms with Crippen LogP contribution in [0.4, 0.5) is 10.5 Å². The number of amides is 1. The fourth-order valence-electron chi connectivity index (χ4n) is 3.88. The van der Waals surface area contributed by atoms with Crippen LogP contribution in [-0.4, -0.2) is 49.4 Å². The predicted octanol–water partition coefficient (Wildman–Crippen LogP) is 5.85. The third-order valence-electron chi connectivity index (χ3n) is 5.61. The van der Waals surface area contributed by atoms with Gasteiger partial charge in [-0.25, -0.2) is 14.4 Å². The van der Waals surface area contributed by atoms with Crippen LogP contribution >= 0.6 is 0 Å². The lowest BCUT2D eigenvalue weighted by Gasteiger charge is -2.33. The fourth-order valence-corrected chi connectivity index (χ4v) is 3.88. The largest absolute Gasteiger partial charge is 0.465 e. The first-order valence-corrected chi connectivity index (χ1v) is 11.4. The van der Waals surface area contributed by atoms with E-state index >= 15 is 0 Å². The molecule has 0 unspecified atom stereocenters. The van der Waals surface area contributed by atoms with Gasteiger partial charge in [-0.05, 0) is 80.5 Å². The van der Waals surface area contributed by atoms with Crippen LogP contribution in [0.15, 0.2) is 42.5 Å². The summed E-state index contributed by atoms with van der Waals surface area (Å²) in [5.41, 5.74) is 3.03. The molecule has 0 spiro atoms. The zero-order valence-electron chi connectivity index (χ0n) is 20.3. The first-order valence-electron chi connectivity index (χ1n) is 11.4. The third-order valence-corrected chi connectivity index (χ3v) is 5.61. The van der Waals surface area contributed by atoms with Gasteiger partial charge in [0, 0.05) is 19.7 Å². The summed E-state index contributed by atoms with van der Waals surface area (Å²) in [6.45, 7) is 15.1. The zero-order chi connectivity index (χ0) is 24.7. The summed E-state index contributed by atoms with van der Waals surface area (Å²) in [7, 11) is 1.36. The molecule has 0 bridgehead atoms. The molecule has 7 nitrogen and oxygen atoms in total. The Kier molecular flexibility index (Phi) is 8.30. The van der Waals surface area contributed by atoms with E-state index in [4.69, 9.17) is 20.8 Å². The van der Waals surface area contributed by atoms with Gasteiger partial charge in [0.05, 0.1) is 25.9 Å². The van der Waals surface area contributed by atoms with E-state index in [0.717, 1.165) is 29.5 Å². The Morgan fingerprint density at radius 1 is 1.09 bits per heavy atom. The van der Waals surface area contributed by atoms with Crippen LogP contribution < -0.4 is 0 Å². The maximum absolute atomic E-state index is 12.2. The highest BCUT2D eigenvalue weighted by Crippen LogP contribution is 2.27. The van der Waals surface area contributed by atoms with Gasteiger partial charge in [0.1, 0.15) is 5.60 Å². The minimum atomic E-state index is -0.494. The normalized spacial score (nSPS) is 14.4. The van der Waals surface area contributed by atoms with Gasteiger partial charge in [-0.15, -0.1) is 0 Å². The van der Waals surface area contributed by atoms with E-state index in [1.165, 1.54) is 7.11 Å². The first-order chi connectivity index (χ1) is 16.2. The second-order valence-corrected chi connectivity index (χ2v) is 9.50. The SMILES string of the molecule is [C-]#[N+]c1cccc(-c2cc(COCC3CCN(C(=O)OC(C)(C)C)CC3)cc(C(=O)OC)c2)c1. The summed E-state index contributed by atoms with van der Waals surface area (Å²) in [4.78, 5) is 29.7. The van der Waals surface area contributed by atoms with Crippen molar-refractivity contribution in [1.82, 2.24) is 4.90 Å². The maximum Gasteiger partial charge on any atom is 0.410 e. The number of likely N-dealkylation sites (tertiary alicyclic amines) is 1. The number of methoxy groups -OCH3 is 1. The van der Waals surface area contributed by atoms with Crippen LogP contribution in [0.25, 0.3) is 16.0 Å². The molecule has 2 aromatic rings. The molecule has 3 rings (SSSR count). The lowest BCUT2D eigenvalue weighted by molar-refractivity contribution is 0.0105. The van der Waals surface area contributed by atoms with Crippen LogP contribution in [0.2, 0.25) is 0 Å². The van der Waals surface area contributed by atoms with E-state index in [2.05, 4.69) is 4.85 Å². The molecule has 0 saturated carbocycles. The van der Waals surface area contributed by atoms with E-state index in [1.807, 2.05) is 39.0 Å². The van der Waals surface area contributed by atoms with Crippen molar-refractivity contribution in [3.63, 3.8) is 0 Å². The van der Waals surface area contributed by atoms with Gasteiger partial charge in [0.2, 0.25) is 0 Å². The highest BCUT2D eigenvalue weighted by molar-refractivity contribution is 5.91. The Bertz CT molecular complexity index is 1060. The molecule has 1 aliphatic heterocycles. The summed E-state index contributed by atoms with van der Waals surface area (Å²) < 4.78 is 16.4. The Hall–Kier alpha value is -3.37. The number of hydrogen-bond donors (Lipinski definition) is 0. The van der Waals surface area contributed by atoms with Gasteiger partial charge in [-0.1, -0.05) is 18.2 Å². The van der Waals surface area contributed by atoms with E-state index < -0.39 is 11.6 Å². The molecule has 0 radical (unpaired) electrons. The van der Waals surface area contributed by atoms with E-state index in [1.54, 1.807) is 29.2 Å². The number of hydrogen-bond acceptors (Lipinski definition) is 5. The van der Waals surface area contributed by atoms with Crippen molar-refractivity contribution in [3.8, 4) is 11.1 Å². The van der Waals surface area contributed by atoms with Gasteiger partial charge < -0.3 is 19.1 Å². The van der Waals surface area contributed by atoms with E-state index in [9.17, 15) is 9.59 Å². The van der Waals surface area contributed by atoms with Crippen molar-refractivity contribution in [2.24, 2.45) is 5.92 Å². The number of carbonyl (C=O) groups excluding carboxylic acids is 2. The summed E-state index contributed by atoms with van der Waals surface area (Å²) in [6.07, 6.45) is 1.45. The van der Waals surface area contributed by atoms with Gasteiger partial charge in [-0.3, -0.25) is 0 Å². The molecule has 0 atom stereocenters. The minimum absolute atomic E-state index is 0.263. The molecule has 1 amide bonds. The quantitative estimate of drug-likeness (QED) is 0.396. The molecule has 1 saturated heterocycles. The monoisotopic (exact) mass is 464 g/mol. The van der Waals surface area contributed by atoms with Gasteiger partial charge in [0.15, 0.2) is 5.69 Å². The van der Waals surface area contributed by atoms with Crippen molar-refractivity contribution < 1.29 is 23.8 Å². The zero-order valence-corrected chi connectivity index (χ0v) is 20.3. The number of carbonyl (C=O) groups is 2. The van der Waals surface area contributed by atoms with Gasteiger partial charge in [-0.2, -0.15) is 0 Å². The van der Waals surface area contributed by atoms with Crippen LogP contribution in [0.3, 0.4) is 0 Å². The van der Waals surface area contributed by atoms with Crippen LogP contribution in [0.1, 0.15) is 49.5 Å². The Morgan fingerprint density at radius 3 is 2.47 bits per heavy atom. The van der Waals surface area contributed by atoms with Crippen molar-refractivity contribution in [3.05, 3.63) is 65.0 Å². The summed E-state index contributed by atoms with van der Waals surface area (Å²) in [5, 5.41) is 0. The van der Waals surface area contributed by atoms with Crippen molar-refractivity contribution in [1.29, 1.82) is 0 Å².